The summed E-state index contributed by atoms with van der Waals surface area (Å²) in [7, 11) is 0. The van der Waals surface area contributed by atoms with Gasteiger partial charge in [0.1, 0.15) is 0 Å². The molecule has 1 aliphatic heterocycles. The molecule has 1 heterocycles. The van der Waals surface area contributed by atoms with Gasteiger partial charge in [-0.25, -0.2) is 0 Å². The molecule has 1 amide bonds. The molecule has 3 aromatic carbocycles. The summed E-state index contributed by atoms with van der Waals surface area (Å²) < 4.78 is 0. The van der Waals surface area contributed by atoms with Gasteiger partial charge in [-0.3, -0.25) is 4.79 Å². The first kappa shape index (κ1) is 19.4. The highest BCUT2D eigenvalue weighted by molar-refractivity contribution is 6.08. The van der Waals surface area contributed by atoms with Gasteiger partial charge in [0.25, 0.3) is 5.91 Å². The number of nitrogens with zero attached hydrogens (tertiary/aromatic N) is 1. The fourth-order valence-corrected chi connectivity index (χ4v) is 4.96. The highest BCUT2D eigenvalue weighted by Gasteiger charge is 2.47. The lowest BCUT2D eigenvalue weighted by molar-refractivity contribution is 0.0948. The van der Waals surface area contributed by atoms with Crippen molar-refractivity contribution in [3.63, 3.8) is 0 Å². The molecule has 0 fully saturated rings. The number of benzene rings is 3. The van der Waals surface area contributed by atoms with Crippen LogP contribution in [-0.4, -0.2) is 11.4 Å². The summed E-state index contributed by atoms with van der Waals surface area (Å²) in [5, 5.41) is 0. The Kier molecular flexibility index (Phi) is 4.82. The van der Waals surface area contributed by atoms with E-state index in [1.54, 1.807) is 0 Å². The van der Waals surface area contributed by atoms with Gasteiger partial charge in [-0.1, -0.05) is 74.5 Å². The van der Waals surface area contributed by atoms with E-state index in [9.17, 15) is 4.79 Å². The van der Waals surface area contributed by atoms with E-state index in [4.69, 9.17) is 0 Å². The van der Waals surface area contributed by atoms with E-state index in [0.29, 0.717) is 0 Å². The summed E-state index contributed by atoms with van der Waals surface area (Å²) in [6.07, 6.45) is 1.84. The molecular weight excluding hydrogens is 354 g/mol. The molecule has 0 saturated carbocycles. The second-order valence-corrected chi connectivity index (χ2v) is 8.90. The second-order valence-electron chi connectivity index (χ2n) is 8.90. The zero-order valence-corrected chi connectivity index (χ0v) is 17.8. The molecule has 0 bridgehead atoms. The third-order valence-corrected chi connectivity index (χ3v) is 6.35. The first-order valence-corrected chi connectivity index (χ1v) is 10.5. The van der Waals surface area contributed by atoms with Gasteiger partial charge in [0, 0.05) is 22.2 Å². The third-order valence-electron chi connectivity index (χ3n) is 6.35. The Morgan fingerprint density at radius 2 is 1.48 bits per heavy atom. The van der Waals surface area contributed by atoms with Crippen molar-refractivity contribution < 1.29 is 4.79 Å². The van der Waals surface area contributed by atoms with Gasteiger partial charge in [-0.2, -0.15) is 0 Å². The Hall–Kier alpha value is -2.87. The molecule has 3 aromatic rings. The topological polar surface area (TPSA) is 20.3 Å². The predicted molar refractivity (Wildman–Crippen MR) is 121 cm³/mol. The van der Waals surface area contributed by atoms with Crippen molar-refractivity contribution in [2.45, 2.75) is 51.5 Å². The van der Waals surface area contributed by atoms with E-state index in [0.717, 1.165) is 24.1 Å². The second kappa shape index (κ2) is 7.18. The lowest BCUT2D eigenvalue weighted by Crippen LogP contribution is -2.55. The van der Waals surface area contributed by atoms with Crippen LogP contribution in [0.25, 0.3) is 0 Å². The maximum absolute atomic E-state index is 13.7. The third kappa shape index (κ3) is 3.27. The molecule has 4 rings (SSSR count). The minimum Gasteiger partial charge on any atom is -0.302 e. The number of rotatable bonds is 3. The van der Waals surface area contributed by atoms with Crippen LogP contribution in [0.2, 0.25) is 0 Å². The molecule has 0 spiro atoms. The number of fused-ring (bicyclic) bond motifs is 1. The zero-order chi connectivity index (χ0) is 20.6. The number of aryl methyl sites for hydroxylation is 1. The summed E-state index contributed by atoms with van der Waals surface area (Å²) in [5.74, 6) is 0.0696. The van der Waals surface area contributed by atoms with Crippen LogP contribution in [0.4, 0.5) is 5.69 Å². The SMILES string of the molecule is CCc1ccc(C(=O)N2c3ccccc3[C@](C)(c3ccccc3)CC2(C)C)cc1. The predicted octanol–water partition coefficient (Wildman–Crippen LogP) is 6.38. The maximum Gasteiger partial charge on any atom is 0.258 e. The Morgan fingerprint density at radius 1 is 0.862 bits per heavy atom. The molecule has 0 aliphatic carbocycles. The zero-order valence-electron chi connectivity index (χ0n) is 17.8. The summed E-state index contributed by atoms with van der Waals surface area (Å²) in [6, 6.07) is 27.1. The first-order chi connectivity index (χ1) is 13.9. The Morgan fingerprint density at radius 3 is 2.14 bits per heavy atom. The average molecular weight is 384 g/mol. The number of carbonyl (C=O) groups excluding carboxylic acids is 1. The summed E-state index contributed by atoms with van der Waals surface area (Å²) >= 11 is 0. The van der Waals surface area contributed by atoms with E-state index in [-0.39, 0.29) is 16.9 Å². The van der Waals surface area contributed by atoms with Crippen LogP contribution in [0.1, 0.15) is 61.2 Å². The van der Waals surface area contributed by atoms with Gasteiger partial charge in [-0.15, -0.1) is 0 Å². The van der Waals surface area contributed by atoms with Gasteiger partial charge in [0.15, 0.2) is 0 Å². The minimum absolute atomic E-state index is 0.0696. The molecule has 0 radical (unpaired) electrons. The van der Waals surface area contributed by atoms with E-state index in [1.807, 2.05) is 23.1 Å². The Balaban J connectivity index is 1.84. The normalized spacial score (nSPS) is 20.2. The Labute approximate surface area is 174 Å². The summed E-state index contributed by atoms with van der Waals surface area (Å²) in [4.78, 5) is 15.7. The lowest BCUT2D eigenvalue weighted by atomic mass is 9.65. The lowest BCUT2D eigenvalue weighted by Gasteiger charge is -2.51. The fourth-order valence-electron chi connectivity index (χ4n) is 4.96. The van der Waals surface area contributed by atoms with E-state index >= 15 is 0 Å². The molecular formula is C27H29NO. The Bertz CT molecular complexity index is 1020. The number of carbonyl (C=O) groups is 1. The number of hydrogen-bond acceptors (Lipinski definition) is 1. The number of anilines is 1. The van der Waals surface area contributed by atoms with Crippen LogP contribution >= 0.6 is 0 Å². The monoisotopic (exact) mass is 383 g/mol. The molecule has 0 aromatic heterocycles. The maximum atomic E-state index is 13.7. The van der Waals surface area contributed by atoms with Crippen molar-refractivity contribution in [2.24, 2.45) is 0 Å². The summed E-state index contributed by atoms with van der Waals surface area (Å²) in [5.41, 5.74) is 5.04. The van der Waals surface area contributed by atoms with Gasteiger partial charge in [0.05, 0.1) is 0 Å². The average Bonchev–Trinajstić information content (AvgIpc) is 2.74. The molecule has 1 aliphatic rings. The number of hydrogen-bond donors (Lipinski definition) is 0. The molecule has 0 unspecified atom stereocenters. The van der Waals surface area contributed by atoms with Crippen molar-refractivity contribution >= 4 is 11.6 Å². The van der Waals surface area contributed by atoms with Crippen LogP contribution in [-0.2, 0) is 11.8 Å². The first-order valence-electron chi connectivity index (χ1n) is 10.5. The van der Waals surface area contributed by atoms with E-state index in [1.165, 1.54) is 16.7 Å². The fraction of sp³-hybridized carbons (Fsp3) is 0.296. The van der Waals surface area contributed by atoms with Crippen LogP contribution in [0, 0.1) is 0 Å². The molecule has 29 heavy (non-hydrogen) atoms. The van der Waals surface area contributed by atoms with Gasteiger partial charge < -0.3 is 4.90 Å². The van der Waals surface area contributed by atoms with Crippen LogP contribution in [0.3, 0.4) is 0 Å². The van der Waals surface area contributed by atoms with Gasteiger partial charge >= 0.3 is 0 Å². The molecule has 0 saturated heterocycles. The van der Waals surface area contributed by atoms with Gasteiger partial charge in [-0.05, 0) is 61.6 Å². The van der Waals surface area contributed by atoms with Crippen molar-refractivity contribution in [1.82, 2.24) is 0 Å². The number of para-hydroxylation sites is 1. The molecule has 1 atom stereocenters. The van der Waals surface area contributed by atoms with E-state index in [2.05, 4.69) is 88.4 Å². The molecule has 148 valence electrons. The van der Waals surface area contributed by atoms with Crippen LogP contribution < -0.4 is 4.90 Å². The quantitative estimate of drug-likeness (QED) is 0.513. The molecule has 2 nitrogen and oxygen atoms in total. The molecule has 2 heteroatoms. The van der Waals surface area contributed by atoms with Gasteiger partial charge in [0.2, 0.25) is 0 Å². The van der Waals surface area contributed by atoms with E-state index < -0.39 is 0 Å². The highest BCUT2D eigenvalue weighted by Crippen LogP contribution is 2.50. The highest BCUT2D eigenvalue weighted by atomic mass is 16.2. The molecule has 0 N–H and O–H groups in total. The largest absolute Gasteiger partial charge is 0.302 e. The summed E-state index contributed by atoms with van der Waals surface area (Å²) in [6.45, 7) is 8.80. The van der Waals surface area contributed by atoms with Crippen molar-refractivity contribution in [3.05, 3.63) is 101 Å². The van der Waals surface area contributed by atoms with Crippen molar-refractivity contribution in [2.75, 3.05) is 4.90 Å². The number of amides is 1. The van der Waals surface area contributed by atoms with Crippen LogP contribution in [0.5, 0.6) is 0 Å². The van der Waals surface area contributed by atoms with Crippen molar-refractivity contribution in [3.8, 4) is 0 Å². The van der Waals surface area contributed by atoms with Crippen LogP contribution in [0.15, 0.2) is 78.9 Å². The van der Waals surface area contributed by atoms with Crippen molar-refractivity contribution in [1.29, 1.82) is 0 Å². The smallest absolute Gasteiger partial charge is 0.258 e. The minimum atomic E-state index is -0.320. The standard InChI is InChI=1S/C27H29NO/c1-5-20-15-17-21(18-16-20)25(29)28-24-14-10-9-13-23(24)27(4,19-26(28,2)3)22-11-7-6-8-12-22/h6-18H,5,19H2,1-4H3/t27-/m0/s1.